The summed E-state index contributed by atoms with van der Waals surface area (Å²) in [6.07, 6.45) is -2.05. The first kappa shape index (κ1) is 10.0. The summed E-state index contributed by atoms with van der Waals surface area (Å²) < 4.78 is 5.26. The molecule has 0 aliphatic rings. The summed E-state index contributed by atoms with van der Waals surface area (Å²) >= 11 is 0. The molecule has 0 aliphatic heterocycles. The molecule has 0 fully saturated rings. The third-order valence-corrected chi connectivity index (χ3v) is 1.73. The lowest BCUT2D eigenvalue weighted by Crippen LogP contribution is -2.27. The number of aliphatic hydroxyl groups is 2. The molecule has 0 bridgehead atoms. The first-order valence-electron chi connectivity index (χ1n) is 4.19. The number of rotatable bonds is 3. The van der Waals surface area contributed by atoms with Crippen LogP contribution >= 0.6 is 0 Å². The molecule has 0 aromatic heterocycles. The van der Waals surface area contributed by atoms with Crippen LogP contribution in [-0.2, 0) is 0 Å². The van der Waals surface area contributed by atoms with E-state index in [0.29, 0.717) is 5.75 Å². The minimum Gasteiger partial charge on any atom is -0.485 e. The number of ether oxygens (including phenoxy) is 1. The van der Waals surface area contributed by atoms with Gasteiger partial charge in [0.05, 0.1) is 0 Å². The fourth-order valence-corrected chi connectivity index (χ4v) is 0.964. The van der Waals surface area contributed by atoms with Crippen LogP contribution in [0.2, 0.25) is 0 Å². The first-order valence-corrected chi connectivity index (χ1v) is 4.19. The first-order chi connectivity index (χ1) is 6.09. The second-order valence-electron chi connectivity index (χ2n) is 3.05. The van der Waals surface area contributed by atoms with Gasteiger partial charge in [0.25, 0.3) is 0 Å². The summed E-state index contributed by atoms with van der Waals surface area (Å²) in [5, 5.41) is 17.6. The average Bonchev–Trinajstić information content (AvgIpc) is 2.04. The number of hydrogen-bond acceptors (Lipinski definition) is 3. The van der Waals surface area contributed by atoms with E-state index in [4.69, 9.17) is 14.9 Å². The van der Waals surface area contributed by atoms with E-state index in [1.807, 2.05) is 25.1 Å². The summed E-state index contributed by atoms with van der Waals surface area (Å²) in [6.45, 7) is 3.56. The highest BCUT2D eigenvalue weighted by molar-refractivity contribution is 5.27. The second-order valence-corrected chi connectivity index (χ2v) is 3.05. The Morgan fingerprint density at radius 2 is 2.00 bits per heavy atom. The molecular formula is C10H14O3. The van der Waals surface area contributed by atoms with Crippen LogP contribution in [0, 0.1) is 6.92 Å². The molecule has 1 aromatic rings. The zero-order valence-electron chi connectivity index (χ0n) is 7.77. The van der Waals surface area contributed by atoms with Crippen LogP contribution in [0.4, 0.5) is 0 Å². The second kappa shape index (κ2) is 4.25. The Kier molecular flexibility index (Phi) is 3.28. The maximum atomic E-state index is 8.78. The Hall–Kier alpha value is -1.06. The third-order valence-electron chi connectivity index (χ3n) is 1.73. The molecule has 0 aliphatic carbocycles. The predicted octanol–water partition coefficient (Wildman–Crippen LogP) is 1.07. The highest BCUT2D eigenvalue weighted by Crippen LogP contribution is 2.14. The Bertz CT molecular complexity index is 271. The van der Waals surface area contributed by atoms with Gasteiger partial charge in [-0.25, -0.2) is 0 Å². The van der Waals surface area contributed by atoms with Crippen molar-refractivity contribution in [3.05, 3.63) is 29.8 Å². The van der Waals surface area contributed by atoms with Crippen LogP contribution in [0.15, 0.2) is 24.3 Å². The summed E-state index contributed by atoms with van der Waals surface area (Å²) in [5.41, 5.74) is 1.08. The fourth-order valence-electron chi connectivity index (χ4n) is 0.964. The quantitative estimate of drug-likeness (QED) is 0.687. The fraction of sp³-hybridized carbons (Fsp3) is 0.400. The van der Waals surface area contributed by atoms with Crippen LogP contribution in [0.5, 0.6) is 5.75 Å². The van der Waals surface area contributed by atoms with Crippen molar-refractivity contribution in [3.63, 3.8) is 0 Å². The van der Waals surface area contributed by atoms with Gasteiger partial charge in [0.15, 0.2) is 6.29 Å². The lowest BCUT2D eigenvalue weighted by atomic mass is 10.2. The van der Waals surface area contributed by atoms with E-state index >= 15 is 0 Å². The Morgan fingerprint density at radius 3 is 2.54 bits per heavy atom. The molecule has 1 atom stereocenters. The maximum absolute atomic E-state index is 8.78. The van der Waals surface area contributed by atoms with E-state index < -0.39 is 12.4 Å². The van der Waals surface area contributed by atoms with Crippen molar-refractivity contribution in [3.8, 4) is 5.75 Å². The van der Waals surface area contributed by atoms with Gasteiger partial charge in [-0.05, 0) is 31.5 Å². The van der Waals surface area contributed by atoms with Crippen LogP contribution in [0.25, 0.3) is 0 Å². The molecule has 0 heterocycles. The molecule has 1 aromatic carbocycles. The average molecular weight is 182 g/mol. The Labute approximate surface area is 77.6 Å². The molecule has 3 nitrogen and oxygen atoms in total. The van der Waals surface area contributed by atoms with E-state index in [-0.39, 0.29) is 0 Å². The van der Waals surface area contributed by atoms with Gasteiger partial charge in [0.2, 0.25) is 0 Å². The summed E-state index contributed by atoms with van der Waals surface area (Å²) in [7, 11) is 0. The molecule has 2 N–H and O–H groups in total. The monoisotopic (exact) mass is 182 g/mol. The van der Waals surface area contributed by atoms with E-state index in [9.17, 15) is 0 Å². The van der Waals surface area contributed by atoms with Gasteiger partial charge in [0, 0.05) is 0 Å². The number of hydrogen-bond donors (Lipinski definition) is 2. The minimum atomic E-state index is -1.44. The standard InChI is InChI=1S/C10H14O3/c1-7-4-3-5-9(6-7)13-8(2)10(11)12/h3-6,8,10-12H,1-2H3. The summed E-state index contributed by atoms with van der Waals surface area (Å²) in [4.78, 5) is 0. The molecular weight excluding hydrogens is 168 g/mol. The van der Waals surface area contributed by atoms with Crippen LogP contribution in [-0.4, -0.2) is 22.6 Å². The zero-order valence-corrected chi connectivity index (χ0v) is 7.77. The Balaban J connectivity index is 2.64. The van der Waals surface area contributed by atoms with E-state index in [2.05, 4.69) is 0 Å². The van der Waals surface area contributed by atoms with Crippen molar-refractivity contribution >= 4 is 0 Å². The van der Waals surface area contributed by atoms with Crippen LogP contribution in [0.1, 0.15) is 12.5 Å². The molecule has 1 rings (SSSR count). The molecule has 1 unspecified atom stereocenters. The minimum absolute atomic E-state index is 0.609. The number of aryl methyl sites for hydroxylation is 1. The van der Waals surface area contributed by atoms with Crippen molar-refractivity contribution in [2.45, 2.75) is 26.2 Å². The van der Waals surface area contributed by atoms with Gasteiger partial charge in [-0.1, -0.05) is 12.1 Å². The molecule has 13 heavy (non-hydrogen) atoms. The lowest BCUT2D eigenvalue weighted by Gasteiger charge is -2.16. The van der Waals surface area contributed by atoms with Gasteiger partial charge in [0.1, 0.15) is 11.9 Å². The van der Waals surface area contributed by atoms with Gasteiger partial charge < -0.3 is 14.9 Å². The molecule has 0 saturated carbocycles. The van der Waals surface area contributed by atoms with E-state index in [1.165, 1.54) is 0 Å². The number of aliphatic hydroxyl groups excluding tert-OH is 1. The SMILES string of the molecule is Cc1cccc(OC(C)C(O)O)c1. The molecule has 0 radical (unpaired) electrons. The van der Waals surface area contributed by atoms with Crippen molar-refractivity contribution < 1.29 is 14.9 Å². The van der Waals surface area contributed by atoms with Crippen molar-refractivity contribution in [1.29, 1.82) is 0 Å². The number of benzene rings is 1. The molecule has 3 heteroatoms. The largest absolute Gasteiger partial charge is 0.485 e. The van der Waals surface area contributed by atoms with Gasteiger partial charge in [-0.15, -0.1) is 0 Å². The molecule has 0 spiro atoms. The van der Waals surface area contributed by atoms with Crippen LogP contribution in [0.3, 0.4) is 0 Å². The van der Waals surface area contributed by atoms with Crippen molar-refractivity contribution in [2.75, 3.05) is 0 Å². The van der Waals surface area contributed by atoms with Gasteiger partial charge in [-0.3, -0.25) is 0 Å². The van der Waals surface area contributed by atoms with E-state index in [1.54, 1.807) is 13.0 Å². The third kappa shape index (κ3) is 3.05. The Morgan fingerprint density at radius 1 is 1.31 bits per heavy atom. The molecule has 0 amide bonds. The van der Waals surface area contributed by atoms with Gasteiger partial charge >= 0.3 is 0 Å². The van der Waals surface area contributed by atoms with Crippen LogP contribution < -0.4 is 4.74 Å². The predicted molar refractivity (Wildman–Crippen MR) is 49.5 cm³/mol. The summed E-state index contributed by atoms with van der Waals surface area (Å²) in [6, 6.07) is 7.44. The summed E-state index contributed by atoms with van der Waals surface area (Å²) in [5.74, 6) is 0.653. The zero-order chi connectivity index (χ0) is 9.84. The topological polar surface area (TPSA) is 49.7 Å². The highest BCUT2D eigenvalue weighted by atomic mass is 16.6. The van der Waals surface area contributed by atoms with Gasteiger partial charge in [-0.2, -0.15) is 0 Å². The maximum Gasteiger partial charge on any atom is 0.189 e. The van der Waals surface area contributed by atoms with Crippen molar-refractivity contribution in [2.24, 2.45) is 0 Å². The normalized spacial score (nSPS) is 13.0. The lowest BCUT2D eigenvalue weighted by molar-refractivity contribution is -0.105. The molecule has 0 saturated heterocycles. The van der Waals surface area contributed by atoms with Crippen molar-refractivity contribution in [1.82, 2.24) is 0 Å². The molecule has 72 valence electrons. The smallest absolute Gasteiger partial charge is 0.189 e. The highest BCUT2D eigenvalue weighted by Gasteiger charge is 2.11. The van der Waals surface area contributed by atoms with E-state index in [0.717, 1.165) is 5.56 Å².